The fraction of sp³-hybridized carbons (Fsp3) is 1.00. The standard InChI is InChI=1S/C8H20N2.C3H8/c1-4-9-7-5-6-8-10(2)3;1-3-2/h9H,4-8H2,1-3H3;3H2,1-2H3. The smallest absolute Gasteiger partial charge is 0.00244 e. The van der Waals surface area contributed by atoms with Crippen LogP contribution in [0.1, 0.15) is 40.0 Å². The van der Waals surface area contributed by atoms with Crippen molar-refractivity contribution in [3.63, 3.8) is 0 Å². The van der Waals surface area contributed by atoms with E-state index in [1.54, 1.807) is 0 Å². The van der Waals surface area contributed by atoms with Gasteiger partial charge in [-0.25, -0.2) is 0 Å². The largest absolute Gasteiger partial charge is 0.317 e. The van der Waals surface area contributed by atoms with Crippen molar-refractivity contribution in [2.75, 3.05) is 33.7 Å². The molecular formula is C11H28N2. The molecule has 0 fully saturated rings. The molecule has 0 aliphatic carbocycles. The van der Waals surface area contributed by atoms with Crippen LogP contribution in [0.25, 0.3) is 0 Å². The van der Waals surface area contributed by atoms with Crippen LogP contribution in [0.2, 0.25) is 0 Å². The van der Waals surface area contributed by atoms with Gasteiger partial charge in [-0.2, -0.15) is 0 Å². The summed E-state index contributed by atoms with van der Waals surface area (Å²) in [7, 11) is 4.24. The lowest BCUT2D eigenvalue weighted by molar-refractivity contribution is 0.392. The normalized spacial score (nSPS) is 9.69. The maximum Gasteiger partial charge on any atom is -0.00244 e. The van der Waals surface area contributed by atoms with Gasteiger partial charge in [0.15, 0.2) is 0 Å². The number of hydrogen-bond acceptors (Lipinski definition) is 2. The second-order valence-electron chi connectivity index (χ2n) is 3.57. The van der Waals surface area contributed by atoms with Crippen molar-refractivity contribution >= 4 is 0 Å². The van der Waals surface area contributed by atoms with Gasteiger partial charge >= 0.3 is 0 Å². The van der Waals surface area contributed by atoms with Crippen molar-refractivity contribution in [3.8, 4) is 0 Å². The number of nitrogens with one attached hydrogen (secondary N) is 1. The molecule has 0 aromatic carbocycles. The van der Waals surface area contributed by atoms with Crippen molar-refractivity contribution in [1.82, 2.24) is 10.2 Å². The molecule has 0 heterocycles. The number of unbranched alkanes of at least 4 members (excludes halogenated alkanes) is 1. The Morgan fingerprint density at radius 1 is 1.00 bits per heavy atom. The van der Waals surface area contributed by atoms with Gasteiger partial charge in [-0.1, -0.05) is 27.2 Å². The first-order valence-corrected chi connectivity index (χ1v) is 5.54. The molecular weight excluding hydrogens is 160 g/mol. The number of nitrogens with zero attached hydrogens (tertiary/aromatic N) is 1. The topological polar surface area (TPSA) is 15.3 Å². The summed E-state index contributed by atoms with van der Waals surface area (Å²) < 4.78 is 0. The Morgan fingerprint density at radius 3 is 1.92 bits per heavy atom. The second-order valence-corrected chi connectivity index (χ2v) is 3.57. The summed E-state index contributed by atoms with van der Waals surface area (Å²) in [5, 5.41) is 3.30. The van der Waals surface area contributed by atoms with E-state index in [0.29, 0.717) is 0 Å². The van der Waals surface area contributed by atoms with Crippen LogP contribution >= 0.6 is 0 Å². The highest BCUT2D eigenvalue weighted by molar-refractivity contribution is 4.48. The first-order chi connectivity index (χ1) is 6.18. The minimum Gasteiger partial charge on any atom is -0.317 e. The number of hydrogen-bond donors (Lipinski definition) is 1. The number of rotatable bonds is 6. The van der Waals surface area contributed by atoms with Crippen LogP contribution in [0.3, 0.4) is 0 Å². The third-order valence-corrected chi connectivity index (χ3v) is 1.46. The van der Waals surface area contributed by atoms with Crippen LogP contribution in [0.5, 0.6) is 0 Å². The molecule has 0 amide bonds. The quantitative estimate of drug-likeness (QED) is 0.644. The van der Waals surface area contributed by atoms with E-state index in [4.69, 9.17) is 0 Å². The summed E-state index contributed by atoms with van der Waals surface area (Å²) in [6.45, 7) is 9.88. The molecule has 0 radical (unpaired) electrons. The predicted octanol–water partition coefficient (Wildman–Crippen LogP) is 2.35. The van der Waals surface area contributed by atoms with Crippen LogP contribution in [-0.2, 0) is 0 Å². The zero-order valence-corrected chi connectivity index (χ0v) is 10.2. The lowest BCUT2D eigenvalue weighted by Crippen LogP contribution is -2.17. The molecule has 1 N–H and O–H groups in total. The van der Waals surface area contributed by atoms with Crippen LogP contribution in [0.15, 0.2) is 0 Å². The highest BCUT2D eigenvalue weighted by Crippen LogP contribution is 1.87. The minimum absolute atomic E-state index is 1.10. The molecule has 82 valence electrons. The first kappa shape index (κ1) is 15.4. The molecule has 2 heteroatoms. The SMILES string of the molecule is CCC.CCNCCCCN(C)C. The lowest BCUT2D eigenvalue weighted by Gasteiger charge is -2.08. The molecule has 0 aromatic heterocycles. The van der Waals surface area contributed by atoms with E-state index >= 15 is 0 Å². The highest BCUT2D eigenvalue weighted by Gasteiger charge is 1.89. The molecule has 0 rings (SSSR count). The molecule has 0 saturated heterocycles. The Hall–Kier alpha value is -0.0800. The molecule has 0 atom stereocenters. The molecule has 0 bridgehead atoms. The summed E-state index contributed by atoms with van der Waals surface area (Å²) >= 11 is 0. The maximum absolute atomic E-state index is 3.30. The van der Waals surface area contributed by atoms with E-state index in [1.165, 1.54) is 32.4 Å². The third-order valence-electron chi connectivity index (χ3n) is 1.46. The van der Waals surface area contributed by atoms with Crippen molar-refractivity contribution < 1.29 is 0 Å². The summed E-state index contributed by atoms with van der Waals surface area (Å²) in [6.07, 6.45) is 3.85. The fourth-order valence-electron chi connectivity index (χ4n) is 0.855. The van der Waals surface area contributed by atoms with Crippen molar-refractivity contribution in [3.05, 3.63) is 0 Å². The Morgan fingerprint density at radius 2 is 1.54 bits per heavy atom. The van der Waals surface area contributed by atoms with Gasteiger partial charge in [0.25, 0.3) is 0 Å². The minimum atomic E-state index is 1.10. The summed E-state index contributed by atoms with van der Waals surface area (Å²) in [5.74, 6) is 0. The van der Waals surface area contributed by atoms with Gasteiger partial charge in [-0.3, -0.25) is 0 Å². The second kappa shape index (κ2) is 14.4. The fourth-order valence-corrected chi connectivity index (χ4v) is 0.855. The van der Waals surface area contributed by atoms with Gasteiger partial charge in [-0.05, 0) is 46.6 Å². The van der Waals surface area contributed by atoms with Crippen molar-refractivity contribution in [1.29, 1.82) is 0 Å². The zero-order chi connectivity index (χ0) is 10.5. The molecule has 0 unspecified atom stereocenters. The van der Waals surface area contributed by atoms with Gasteiger partial charge in [-0.15, -0.1) is 0 Å². The molecule has 0 aliphatic rings. The van der Waals surface area contributed by atoms with Crippen molar-refractivity contribution in [2.24, 2.45) is 0 Å². The van der Waals surface area contributed by atoms with Gasteiger partial charge in [0, 0.05) is 0 Å². The maximum atomic E-state index is 3.30. The summed E-state index contributed by atoms with van der Waals surface area (Å²) in [5.41, 5.74) is 0. The predicted molar refractivity (Wildman–Crippen MR) is 62.3 cm³/mol. The van der Waals surface area contributed by atoms with Crippen LogP contribution in [0, 0.1) is 0 Å². The highest BCUT2D eigenvalue weighted by atomic mass is 15.0. The molecule has 0 aliphatic heterocycles. The average Bonchev–Trinajstić information content (AvgIpc) is 2.05. The summed E-state index contributed by atoms with van der Waals surface area (Å²) in [6, 6.07) is 0. The third kappa shape index (κ3) is 24.5. The molecule has 2 nitrogen and oxygen atoms in total. The van der Waals surface area contributed by atoms with E-state index in [2.05, 4.69) is 45.1 Å². The van der Waals surface area contributed by atoms with E-state index in [9.17, 15) is 0 Å². The van der Waals surface area contributed by atoms with Gasteiger partial charge in [0.1, 0.15) is 0 Å². The Kier molecular flexibility index (Phi) is 17.1. The van der Waals surface area contributed by atoms with Gasteiger partial charge in [0.05, 0.1) is 0 Å². The Labute approximate surface area is 84.7 Å². The Balaban J connectivity index is 0. The zero-order valence-electron chi connectivity index (χ0n) is 10.2. The van der Waals surface area contributed by atoms with E-state index in [0.717, 1.165) is 6.54 Å². The van der Waals surface area contributed by atoms with E-state index < -0.39 is 0 Å². The monoisotopic (exact) mass is 188 g/mol. The van der Waals surface area contributed by atoms with Gasteiger partial charge in [0.2, 0.25) is 0 Å². The summed E-state index contributed by atoms with van der Waals surface area (Å²) in [4.78, 5) is 2.23. The van der Waals surface area contributed by atoms with Crippen LogP contribution in [0.4, 0.5) is 0 Å². The van der Waals surface area contributed by atoms with Crippen LogP contribution in [-0.4, -0.2) is 38.6 Å². The Bertz CT molecular complexity index is 72.5. The van der Waals surface area contributed by atoms with Crippen molar-refractivity contribution in [2.45, 2.75) is 40.0 Å². The first-order valence-electron chi connectivity index (χ1n) is 5.54. The van der Waals surface area contributed by atoms with E-state index in [1.807, 2.05) is 0 Å². The van der Waals surface area contributed by atoms with Crippen LogP contribution < -0.4 is 5.32 Å². The molecule has 0 saturated carbocycles. The average molecular weight is 188 g/mol. The molecule has 13 heavy (non-hydrogen) atoms. The molecule has 0 spiro atoms. The van der Waals surface area contributed by atoms with E-state index in [-0.39, 0.29) is 0 Å². The lowest BCUT2D eigenvalue weighted by atomic mass is 10.3. The van der Waals surface area contributed by atoms with Gasteiger partial charge < -0.3 is 10.2 Å². The molecule has 0 aromatic rings.